The van der Waals surface area contributed by atoms with Gasteiger partial charge in [0.1, 0.15) is 6.04 Å². The van der Waals surface area contributed by atoms with E-state index in [-0.39, 0.29) is 5.92 Å². The molecule has 0 radical (unpaired) electrons. The number of hydrogen-bond donors (Lipinski definition) is 2. The van der Waals surface area contributed by atoms with Crippen LogP contribution in [0, 0.1) is 19.8 Å². The van der Waals surface area contributed by atoms with E-state index < -0.39 is 17.9 Å². The largest absolute Gasteiger partial charge is 0.480 e. The molecular weight excluding hydrogens is 284 g/mol. The number of nitrogens with one attached hydrogen (secondary N) is 1. The summed E-state index contributed by atoms with van der Waals surface area (Å²) in [6, 6.07) is 0.898. The van der Waals surface area contributed by atoms with Crippen LogP contribution in [0.25, 0.3) is 5.65 Å². The van der Waals surface area contributed by atoms with E-state index in [4.69, 9.17) is 0 Å². The van der Waals surface area contributed by atoms with Gasteiger partial charge < -0.3 is 10.4 Å². The van der Waals surface area contributed by atoms with Gasteiger partial charge in [-0.3, -0.25) is 4.79 Å². The highest BCUT2D eigenvalue weighted by atomic mass is 16.4. The molecule has 1 atom stereocenters. The lowest BCUT2D eigenvalue weighted by molar-refractivity contribution is -0.139. The smallest absolute Gasteiger partial charge is 0.326 e. The summed E-state index contributed by atoms with van der Waals surface area (Å²) in [4.78, 5) is 27.8. The molecule has 2 aromatic heterocycles. The van der Waals surface area contributed by atoms with E-state index in [0.717, 1.165) is 5.69 Å². The van der Waals surface area contributed by atoms with Gasteiger partial charge >= 0.3 is 5.97 Å². The topological polar surface area (TPSA) is 96.6 Å². The summed E-state index contributed by atoms with van der Waals surface area (Å²) < 4.78 is 1.59. The maximum absolute atomic E-state index is 12.4. The highest BCUT2D eigenvalue weighted by molar-refractivity contribution is 5.97. The van der Waals surface area contributed by atoms with E-state index in [1.165, 1.54) is 6.20 Å². The van der Waals surface area contributed by atoms with Gasteiger partial charge in [0.25, 0.3) is 5.91 Å². The molecule has 2 aromatic rings. The Kier molecular flexibility index (Phi) is 4.44. The van der Waals surface area contributed by atoms with Crippen LogP contribution in [0.3, 0.4) is 0 Å². The minimum atomic E-state index is -1.04. The van der Waals surface area contributed by atoms with E-state index in [9.17, 15) is 14.7 Å². The maximum atomic E-state index is 12.4. The average molecular weight is 304 g/mol. The fraction of sp³-hybridized carbons (Fsp3) is 0.467. The third kappa shape index (κ3) is 3.24. The van der Waals surface area contributed by atoms with Gasteiger partial charge in [-0.1, -0.05) is 13.8 Å². The average Bonchev–Trinajstić information content (AvgIpc) is 2.79. The van der Waals surface area contributed by atoms with Crippen molar-refractivity contribution in [3.63, 3.8) is 0 Å². The number of carboxylic acid groups (broad SMARTS) is 1. The van der Waals surface area contributed by atoms with Gasteiger partial charge in [-0.15, -0.1) is 0 Å². The predicted molar refractivity (Wildman–Crippen MR) is 80.8 cm³/mol. The van der Waals surface area contributed by atoms with Gasteiger partial charge in [-0.25, -0.2) is 14.3 Å². The number of hydrogen-bond acceptors (Lipinski definition) is 4. The summed E-state index contributed by atoms with van der Waals surface area (Å²) in [7, 11) is 0. The number of nitrogens with zero attached hydrogens (tertiary/aromatic N) is 3. The van der Waals surface area contributed by atoms with E-state index in [1.54, 1.807) is 11.4 Å². The molecule has 2 rings (SSSR count). The third-order valence-electron chi connectivity index (χ3n) is 3.40. The normalized spacial score (nSPS) is 12.6. The Morgan fingerprint density at radius 2 is 2.05 bits per heavy atom. The molecule has 2 heterocycles. The van der Waals surface area contributed by atoms with Crippen molar-refractivity contribution >= 4 is 17.5 Å². The number of aryl methyl sites for hydroxylation is 2. The molecule has 0 saturated heterocycles. The van der Waals surface area contributed by atoms with Crippen LogP contribution >= 0.6 is 0 Å². The molecule has 2 N–H and O–H groups in total. The lowest BCUT2D eigenvalue weighted by Crippen LogP contribution is -2.42. The Bertz CT molecular complexity index is 721. The SMILES string of the molecule is Cc1cc2ncc(C(=O)N[C@H](CC(C)C)C(=O)O)c(C)n2n1. The summed E-state index contributed by atoms with van der Waals surface area (Å²) >= 11 is 0. The van der Waals surface area contributed by atoms with Gasteiger partial charge in [-0.05, 0) is 26.2 Å². The Morgan fingerprint density at radius 3 is 2.64 bits per heavy atom. The monoisotopic (exact) mass is 304 g/mol. The first kappa shape index (κ1) is 15.9. The Hall–Kier alpha value is -2.44. The molecule has 0 aromatic carbocycles. The maximum Gasteiger partial charge on any atom is 0.326 e. The number of amides is 1. The minimum Gasteiger partial charge on any atom is -0.480 e. The van der Waals surface area contributed by atoms with Crippen molar-refractivity contribution in [3.8, 4) is 0 Å². The van der Waals surface area contributed by atoms with E-state index in [1.807, 2.05) is 26.8 Å². The number of aromatic nitrogens is 3. The van der Waals surface area contributed by atoms with Crippen molar-refractivity contribution in [2.45, 2.75) is 40.2 Å². The summed E-state index contributed by atoms with van der Waals surface area (Å²) in [5.74, 6) is -1.33. The van der Waals surface area contributed by atoms with Crippen molar-refractivity contribution in [1.82, 2.24) is 19.9 Å². The fourth-order valence-corrected chi connectivity index (χ4v) is 2.31. The van der Waals surface area contributed by atoms with Crippen LogP contribution in [0.15, 0.2) is 12.3 Å². The number of carbonyl (C=O) groups is 2. The molecule has 0 saturated carbocycles. The lowest BCUT2D eigenvalue weighted by atomic mass is 10.0. The Balaban J connectivity index is 2.28. The van der Waals surface area contributed by atoms with Crippen molar-refractivity contribution in [2.75, 3.05) is 0 Å². The molecule has 0 unspecified atom stereocenters. The van der Waals surface area contributed by atoms with E-state index in [0.29, 0.717) is 23.3 Å². The zero-order valence-corrected chi connectivity index (χ0v) is 13.1. The first-order chi connectivity index (χ1) is 10.3. The molecule has 118 valence electrons. The zero-order valence-electron chi connectivity index (χ0n) is 13.1. The fourth-order valence-electron chi connectivity index (χ4n) is 2.31. The van der Waals surface area contributed by atoms with Crippen molar-refractivity contribution in [1.29, 1.82) is 0 Å². The molecule has 22 heavy (non-hydrogen) atoms. The molecule has 0 spiro atoms. The summed E-state index contributed by atoms with van der Waals surface area (Å²) in [5, 5.41) is 16.0. The number of rotatable bonds is 5. The summed E-state index contributed by atoms with van der Waals surface area (Å²) in [6.45, 7) is 7.42. The van der Waals surface area contributed by atoms with E-state index >= 15 is 0 Å². The lowest BCUT2D eigenvalue weighted by Gasteiger charge is -2.17. The van der Waals surface area contributed by atoms with Crippen LogP contribution in [0.4, 0.5) is 0 Å². The van der Waals surface area contributed by atoms with Gasteiger partial charge in [0.2, 0.25) is 0 Å². The number of carboxylic acids is 1. The van der Waals surface area contributed by atoms with Crippen molar-refractivity contribution in [3.05, 3.63) is 29.2 Å². The molecule has 1 amide bonds. The van der Waals surface area contributed by atoms with E-state index in [2.05, 4.69) is 15.4 Å². The van der Waals surface area contributed by atoms with Crippen molar-refractivity contribution < 1.29 is 14.7 Å². The highest BCUT2D eigenvalue weighted by Crippen LogP contribution is 2.12. The molecular formula is C15H20N4O3. The second kappa shape index (κ2) is 6.13. The molecule has 0 aliphatic rings. The van der Waals surface area contributed by atoms with Gasteiger partial charge in [0, 0.05) is 12.3 Å². The summed E-state index contributed by atoms with van der Waals surface area (Å²) in [6.07, 6.45) is 1.83. The number of carbonyl (C=O) groups excluding carboxylic acids is 1. The third-order valence-corrected chi connectivity index (χ3v) is 3.40. The Morgan fingerprint density at radius 1 is 1.36 bits per heavy atom. The van der Waals surface area contributed by atoms with Gasteiger partial charge in [0.15, 0.2) is 5.65 Å². The van der Waals surface area contributed by atoms with Crippen LogP contribution in [0.1, 0.15) is 42.0 Å². The predicted octanol–water partition coefficient (Wildman–Crippen LogP) is 1.58. The summed E-state index contributed by atoms with van der Waals surface area (Å²) in [5.41, 5.74) is 2.41. The first-order valence-electron chi connectivity index (χ1n) is 7.15. The molecule has 7 nitrogen and oxygen atoms in total. The van der Waals surface area contributed by atoms with Crippen LogP contribution in [0.2, 0.25) is 0 Å². The van der Waals surface area contributed by atoms with Crippen molar-refractivity contribution in [2.24, 2.45) is 5.92 Å². The van der Waals surface area contributed by atoms with Crippen LogP contribution < -0.4 is 5.32 Å². The second-order valence-corrected chi connectivity index (χ2v) is 5.81. The second-order valence-electron chi connectivity index (χ2n) is 5.81. The quantitative estimate of drug-likeness (QED) is 0.874. The zero-order chi connectivity index (χ0) is 16.4. The van der Waals surface area contributed by atoms with Crippen LogP contribution in [-0.2, 0) is 4.79 Å². The van der Waals surface area contributed by atoms with Gasteiger partial charge in [0.05, 0.1) is 17.0 Å². The molecule has 0 fully saturated rings. The highest BCUT2D eigenvalue weighted by Gasteiger charge is 2.23. The molecule has 0 aliphatic heterocycles. The molecule has 0 aliphatic carbocycles. The minimum absolute atomic E-state index is 0.164. The van der Waals surface area contributed by atoms with Crippen LogP contribution in [0.5, 0.6) is 0 Å². The molecule has 0 bridgehead atoms. The standard InChI is InChI=1S/C15H20N4O3/c1-8(2)5-12(15(21)22)17-14(20)11-7-16-13-6-9(3)18-19(13)10(11)4/h6-8,12H,5H2,1-4H3,(H,17,20)(H,21,22)/t12-/m1/s1. The first-order valence-corrected chi connectivity index (χ1v) is 7.15. The molecule has 7 heteroatoms. The number of aliphatic carboxylic acids is 1. The van der Waals surface area contributed by atoms with Crippen LogP contribution in [-0.4, -0.2) is 37.6 Å². The Labute approximate surface area is 128 Å². The number of fused-ring (bicyclic) bond motifs is 1. The van der Waals surface area contributed by atoms with Gasteiger partial charge in [-0.2, -0.15) is 5.10 Å².